The largest absolute Gasteiger partial charge is 0.493 e. The van der Waals surface area contributed by atoms with Gasteiger partial charge in [-0.25, -0.2) is 28.1 Å². The second-order valence-electron chi connectivity index (χ2n) is 6.91. The van der Waals surface area contributed by atoms with Crippen LogP contribution in [0.4, 0.5) is 19.3 Å². The van der Waals surface area contributed by atoms with E-state index in [1.54, 1.807) is 11.0 Å². The Labute approximate surface area is 209 Å². The maximum atomic E-state index is 14.5. The predicted octanol–water partition coefficient (Wildman–Crippen LogP) is 4.82. The fourth-order valence-corrected chi connectivity index (χ4v) is 4.64. The highest BCUT2D eigenvalue weighted by atomic mass is 32.1. The molecule has 0 spiro atoms. The van der Waals surface area contributed by atoms with Gasteiger partial charge in [0.1, 0.15) is 17.3 Å². The molecule has 2 aromatic heterocycles. The van der Waals surface area contributed by atoms with Gasteiger partial charge in [0.25, 0.3) is 0 Å². The van der Waals surface area contributed by atoms with Crippen LogP contribution in [0.2, 0.25) is 0 Å². The van der Waals surface area contributed by atoms with Gasteiger partial charge in [-0.3, -0.25) is 0 Å². The Morgan fingerprint density at radius 2 is 1.89 bits per heavy atom. The number of halogens is 2. The molecule has 0 saturated carbocycles. The zero-order chi connectivity index (χ0) is 25.8. The molecule has 14 heteroatoms. The third-order valence-corrected chi connectivity index (χ3v) is 6.53. The van der Waals surface area contributed by atoms with Crippen LogP contribution in [0.5, 0.6) is 11.5 Å². The van der Waals surface area contributed by atoms with E-state index in [1.165, 1.54) is 42.0 Å². The van der Waals surface area contributed by atoms with Crippen LogP contribution in [0.25, 0.3) is 10.2 Å². The molecule has 0 unspecified atom stereocenters. The molecule has 186 valence electrons. The minimum atomic E-state index is -1.34. The molecule has 4 aromatic rings. The van der Waals surface area contributed by atoms with E-state index in [0.29, 0.717) is 10.2 Å². The quantitative estimate of drug-likeness (QED) is 0.287. The standard InChI is InChI=1S/C22H15F2N3O7S2/c1-32-16-6-13(24)15(26-22(31)27-34-21(30)19-10(20(28)29)4-5-35-19)7-17(16)33-8-11-12(23)2-3-14-18(11)36-9-25-14/h2-7,9H,8H2,1H3,(H,28,29)(H2,26,27,31). The van der Waals surface area contributed by atoms with Crippen molar-refractivity contribution < 1.29 is 42.6 Å². The molecule has 0 bridgehead atoms. The number of aromatic nitrogens is 1. The summed E-state index contributed by atoms with van der Waals surface area (Å²) in [5.74, 6) is -3.88. The molecule has 0 aliphatic carbocycles. The van der Waals surface area contributed by atoms with E-state index in [2.05, 4.69) is 15.1 Å². The fraction of sp³-hybridized carbons (Fsp3) is 0.0909. The number of benzene rings is 2. The first kappa shape index (κ1) is 24.8. The van der Waals surface area contributed by atoms with Gasteiger partial charge >= 0.3 is 18.0 Å². The number of rotatable bonds is 7. The lowest BCUT2D eigenvalue weighted by molar-refractivity contribution is 0.0340. The number of carbonyl (C=O) groups excluding carboxylic acids is 2. The molecule has 2 heterocycles. The molecule has 36 heavy (non-hydrogen) atoms. The minimum absolute atomic E-state index is 0.00296. The molecule has 10 nitrogen and oxygen atoms in total. The van der Waals surface area contributed by atoms with E-state index in [1.807, 2.05) is 0 Å². The van der Waals surface area contributed by atoms with Gasteiger partial charge in [-0.15, -0.1) is 22.7 Å². The van der Waals surface area contributed by atoms with Crippen molar-refractivity contribution in [2.24, 2.45) is 0 Å². The van der Waals surface area contributed by atoms with E-state index >= 15 is 0 Å². The zero-order valence-electron chi connectivity index (χ0n) is 18.2. The van der Waals surface area contributed by atoms with Crippen molar-refractivity contribution in [2.45, 2.75) is 6.61 Å². The SMILES string of the molecule is COc1cc(F)c(NC(=O)NOC(=O)c2sccc2C(=O)O)cc1OCc1c(F)ccc2ncsc12. The Hall–Kier alpha value is -4.30. The van der Waals surface area contributed by atoms with Crippen LogP contribution in [0.15, 0.2) is 41.2 Å². The molecule has 0 fully saturated rings. The summed E-state index contributed by atoms with van der Waals surface area (Å²) < 4.78 is 40.3. The number of aromatic carboxylic acids is 1. The van der Waals surface area contributed by atoms with Crippen molar-refractivity contribution in [3.63, 3.8) is 0 Å². The number of thiophene rings is 1. The second kappa shape index (κ2) is 10.5. The summed E-state index contributed by atoms with van der Waals surface area (Å²) in [5, 5.41) is 12.6. The van der Waals surface area contributed by atoms with Crippen LogP contribution >= 0.6 is 22.7 Å². The van der Waals surface area contributed by atoms with E-state index in [9.17, 15) is 23.2 Å². The van der Waals surface area contributed by atoms with Crippen LogP contribution in [0.1, 0.15) is 25.6 Å². The number of amides is 2. The first-order valence-corrected chi connectivity index (χ1v) is 11.6. The predicted molar refractivity (Wildman–Crippen MR) is 126 cm³/mol. The Kier molecular flexibility index (Phi) is 7.26. The number of nitrogens with one attached hydrogen (secondary N) is 2. The van der Waals surface area contributed by atoms with Crippen LogP contribution in [-0.4, -0.2) is 35.2 Å². The van der Waals surface area contributed by atoms with E-state index in [-0.39, 0.29) is 39.8 Å². The summed E-state index contributed by atoms with van der Waals surface area (Å²) in [5.41, 5.74) is 3.52. The summed E-state index contributed by atoms with van der Waals surface area (Å²) >= 11 is 2.04. The molecule has 0 atom stereocenters. The summed E-state index contributed by atoms with van der Waals surface area (Å²) in [7, 11) is 1.28. The third kappa shape index (κ3) is 5.18. The number of hydrogen-bond acceptors (Lipinski definition) is 9. The summed E-state index contributed by atoms with van der Waals surface area (Å²) in [6.45, 7) is -0.233. The van der Waals surface area contributed by atoms with Crippen molar-refractivity contribution in [2.75, 3.05) is 12.4 Å². The van der Waals surface area contributed by atoms with Crippen molar-refractivity contribution in [3.05, 3.63) is 68.9 Å². The third-order valence-electron chi connectivity index (χ3n) is 4.74. The number of carboxylic acid groups (broad SMARTS) is 1. The molecular weight excluding hydrogens is 520 g/mol. The monoisotopic (exact) mass is 535 g/mol. The topological polar surface area (TPSA) is 136 Å². The molecule has 0 aliphatic heterocycles. The Balaban J connectivity index is 1.46. The number of hydroxylamine groups is 1. The maximum Gasteiger partial charge on any atom is 0.373 e. The summed E-state index contributed by atoms with van der Waals surface area (Å²) in [6, 6.07) is 4.94. The first-order valence-electron chi connectivity index (χ1n) is 9.88. The molecule has 0 saturated heterocycles. The highest BCUT2D eigenvalue weighted by Gasteiger charge is 2.21. The summed E-state index contributed by atoms with van der Waals surface area (Å²) in [4.78, 5) is 43.8. The Bertz CT molecular complexity index is 1470. The highest BCUT2D eigenvalue weighted by molar-refractivity contribution is 7.17. The van der Waals surface area contributed by atoms with Crippen LogP contribution in [0, 0.1) is 11.6 Å². The fourth-order valence-electron chi connectivity index (χ4n) is 3.07. The molecule has 4 rings (SSSR count). The van der Waals surface area contributed by atoms with Crippen molar-refractivity contribution in [1.82, 2.24) is 10.5 Å². The number of fused-ring (bicyclic) bond motifs is 1. The highest BCUT2D eigenvalue weighted by Crippen LogP contribution is 2.34. The first-order chi connectivity index (χ1) is 17.3. The van der Waals surface area contributed by atoms with Crippen LogP contribution in [0.3, 0.4) is 0 Å². The van der Waals surface area contributed by atoms with E-state index < -0.39 is 29.6 Å². The zero-order valence-corrected chi connectivity index (χ0v) is 19.8. The number of methoxy groups -OCH3 is 1. The van der Waals surface area contributed by atoms with Gasteiger partial charge in [0.05, 0.1) is 34.1 Å². The van der Waals surface area contributed by atoms with E-state index in [0.717, 1.165) is 23.5 Å². The average Bonchev–Trinajstić information content (AvgIpc) is 3.53. The van der Waals surface area contributed by atoms with Gasteiger partial charge in [-0.05, 0) is 23.6 Å². The van der Waals surface area contributed by atoms with Gasteiger partial charge in [-0.2, -0.15) is 5.48 Å². The van der Waals surface area contributed by atoms with Crippen molar-refractivity contribution in [1.29, 1.82) is 0 Å². The number of ether oxygens (including phenoxy) is 2. The van der Waals surface area contributed by atoms with Gasteiger partial charge in [0, 0.05) is 17.7 Å². The van der Waals surface area contributed by atoms with Gasteiger partial charge in [-0.1, -0.05) is 0 Å². The lowest BCUT2D eigenvalue weighted by Gasteiger charge is -2.14. The molecule has 3 N–H and O–H groups in total. The molecule has 0 radical (unpaired) electrons. The van der Waals surface area contributed by atoms with Gasteiger partial charge in [0.2, 0.25) is 0 Å². The Morgan fingerprint density at radius 3 is 2.64 bits per heavy atom. The van der Waals surface area contributed by atoms with Crippen LogP contribution < -0.4 is 20.3 Å². The molecular formula is C22H15F2N3O7S2. The number of carboxylic acids is 1. The number of nitrogens with zero attached hydrogens (tertiary/aromatic N) is 1. The summed E-state index contributed by atoms with van der Waals surface area (Å²) in [6.07, 6.45) is 0. The van der Waals surface area contributed by atoms with Crippen molar-refractivity contribution in [3.8, 4) is 11.5 Å². The number of carbonyl (C=O) groups is 3. The van der Waals surface area contributed by atoms with E-state index in [4.69, 9.17) is 14.6 Å². The normalized spacial score (nSPS) is 10.6. The van der Waals surface area contributed by atoms with Crippen molar-refractivity contribution >= 4 is 56.5 Å². The number of thiazole rings is 1. The Morgan fingerprint density at radius 1 is 1.08 bits per heavy atom. The molecule has 2 amide bonds. The molecule has 0 aliphatic rings. The number of urea groups is 1. The smallest absolute Gasteiger partial charge is 0.373 e. The average molecular weight is 536 g/mol. The van der Waals surface area contributed by atoms with Gasteiger partial charge < -0.3 is 24.7 Å². The van der Waals surface area contributed by atoms with Gasteiger partial charge in [0.15, 0.2) is 17.3 Å². The van der Waals surface area contributed by atoms with Crippen LogP contribution in [-0.2, 0) is 11.4 Å². The number of anilines is 1. The number of hydrogen-bond donors (Lipinski definition) is 3. The maximum absolute atomic E-state index is 14.5. The second-order valence-corrected chi connectivity index (χ2v) is 8.68. The molecule has 2 aromatic carbocycles. The lowest BCUT2D eigenvalue weighted by atomic mass is 10.2. The lowest BCUT2D eigenvalue weighted by Crippen LogP contribution is -2.31. The minimum Gasteiger partial charge on any atom is -0.493 e.